The fourth-order valence-corrected chi connectivity index (χ4v) is 3.48. The van der Waals surface area contributed by atoms with Gasteiger partial charge in [-0.05, 0) is 31.0 Å². The van der Waals surface area contributed by atoms with Crippen LogP contribution >= 0.6 is 11.3 Å². The van der Waals surface area contributed by atoms with Crippen LogP contribution in [0.2, 0.25) is 0 Å². The molecule has 1 aromatic heterocycles. The number of aliphatic imine (C=N–C) groups is 1. The molecule has 0 bridgehead atoms. The number of nitrogens with one attached hydrogen (secondary N) is 1. The molecule has 0 fully saturated rings. The molecular weight excluding hydrogens is 348 g/mol. The zero-order chi connectivity index (χ0) is 18.4. The van der Waals surface area contributed by atoms with Crippen molar-refractivity contribution in [1.29, 1.82) is 0 Å². The lowest BCUT2D eigenvalue weighted by Gasteiger charge is -2.23. The molecule has 0 atom stereocenters. The second-order valence-electron chi connectivity index (χ2n) is 6.09. The Morgan fingerprint density at radius 3 is 2.81 bits per heavy atom. The maximum Gasteiger partial charge on any atom is 0.194 e. The van der Waals surface area contributed by atoms with Crippen LogP contribution in [0.25, 0.3) is 0 Å². The van der Waals surface area contributed by atoms with Crippen LogP contribution in [0.1, 0.15) is 30.1 Å². The van der Waals surface area contributed by atoms with E-state index in [1.165, 1.54) is 0 Å². The SMILES string of the molecule is CCNC(=NCc1csc(CC)n1)N(C)Cc1ccc2c(c1)OCCO2. The molecule has 6 nitrogen and oxygen atoms in total. The minimum atomic E-state index is 0.588. The molecule has 0 saturated heterocycles. The molecule has 1 aliphatic rings. The van der Waals surface area contributed by atoms with E-state index in [0.717, 1.165) is 53.2 Å². The van der Waals surface area contributed by atoms with E-state index in [2.05, 4.69) is 40.5 Å². The average Bonchev–Trinajstić information content (AvgIpc) is 3.13. The maximum absolute atomic E-state index is 5.68. The normalized spacial score (nSPS) is 13.6. The van der Waals surface area contributed by atoms with Crippen molar-refractivity contribution in [3.05, 3.63) is 39.8 Å². The van der Waals surface area contributed by atoms with Gasteiger partial charge in [0.05, 0.1) is 17.2 Å². The lowest BCUT2D eigenvalue weighted by atomic mass is 10.2. The number of rotatable bonds is 6. The van der Waals surface area contributed by atoms with Crippen LogP contribution in [0.5, 0.6) is 11.5 Å². The average molecular weight is 375 g/mol. The standard InChI is InChI=1S/C19H26N4O2S/c1-4-18-22-15(13-26-18)11-21-19(20-5-2)23(3)12-14-6-7-16-17(10-14)25-9-8-24-16/h6-7,10,13H,4-5,8-9,11-12H2,1-3H3,(H,20,21). The first kappa shape index (κ1) is 18.5. The highest BCUT2D eigenvalue weighted by Gasteiger charge is 2.13. The monoisotopic (exact) mass is 374 g/mol. The van der Waals surface area contributed by atoms with Gasteiger partial charge in [0.1, 0.15) is 13.2 Å². The van der Waals surface area contributed by atoms with Crippen molar-refractivity contribution in [3.63, 3.8) is 0 Å². The summed E-state index contributed by atoms with van der Waals surface area (Å²) in [4.78, 5) is 11.4. The molecule has 1 aromatic carbocycles. The van der Waals surface area contributed by atoms with Crippen molar-refractivity contribution in [3.8, 4) is 11.5 Å². The maximum atomic E-state index is 5.68. The van der Waals surface area contributed by atoms with Gasteiger partial charge in [-0.2, -0.15) is 0 Å². The summed E-state index contributed by atoms with van der Waals surface area (Å²) in [5.74, 6) is 2.51. The van der Waals surface area contributed by atoms with Crippen molar-refractivity contribution in [2.24, 2.45) is 4.99 Å². The van der Waals surface area contributed by atoms with Gasteiger partial charge >= 0.3 is 0 Å². The lowest BCUT2D eigenvalue weighted by molar-refractivity contribution is 0.171. The van der Waals surface area contributed by atoms with Gasteiger partial charge in [-0.3, -0.25) is 0 Å². The zero-order valence-corrected chi connectivity index (χ0v) is 16.4. The van der Waals surface area contributed by atoms with Gasteiger partial charge in [-0.1, -0.05) is 13.0 Å². The summed E-state index contributed by atoms with van der Waals surface area (Å²) < 4.78 is 11.3. The molecule has 0 radical (unpaired) electrons. The molecule has 140 valence electrons. The molecule has 0 amide bonds. The van der Waals surface area contributed by atoms with Crippen molar-refractivity contribution < 1.29 is 9.47 Å². The number of ether oxygens (including phenoxy) is 2. The van der Waals surface area contributed by atoms with Crippen LogP contribution in [-0.2, 0) is 19.5 Å². The molecule has 0 spiro atoms. The summed E-state index contributed by atoms with van der Waals surface area (Å²) in [6, 6.07) is 6.09. The summed E-state index contributed by atoms with van der Waals surface area (Å²) in [6.45, 7) is 7.55. The number of guanidine groups is 1. The number of nitrogens with zero attached hydrogens (tertiary/aromatic N) is 3. The molecule has 2 heterocycles. The second-order valence-corrected chi connectivity index (χ2v) is 7.03. The van der Waals surface area contributed by atoms with Gasteiger partial charge in [-0.25, -0.2) is 9.98 Å². The minimum absolute atomic E-state index is 0.588. The number of hydrogen-bond donors (Lipinski definition) is 1. The van der Waals surface area contributed by atoms with Crippen molar-refractivity contribution in [1.82, 2.24) is 15.2 Å². The first-order valence-electron chi connectivity index (χ1n) is 9.00. The Hall–Kier alpha value is -2.28. The summed E-state index contributed by atoms with van der Waals surface area (Å²) >= 11 is 1.70. The van der Waals surface area contributed by atoms with Crippen LogP contribution in [0.15, 0.2) is 28.6 Å². The predicted octanol–water partition coefficient (Wildman–Crippen LogP) is 3.07. The van der Waals surface area contributed by atoms with E-state index in [-0.39, 0.29) is 0 Å². The third kappa shape index (κ3) is 4.66. The van der Waals surface area contributed by atoms with E-state index >= 15 is 0 Å². The predicted molar refractivity (Wildman–Crippen MR) is 105 cm³/mol. The minimum Gasteiger partial charge on any atom is -0.486 e. The van der Waals surface area contributed by atoms with Gasteiger partial charge in [0, 0.05) is 25.5 Å². The molecule has 7 heteroatoms. The number of thiazole rings is 1. The Bertz CT molecular complexity index is 760. The number of aryl methyl sites for hydroxylation is 1. The van der Waals surface area contributed by atoms with Gasteiger partial charge in [0.2, 0.25) is 0 Å². The Morgan fingerprint density at radius 2 is 2.08 bits per heavy atom. The highest BCUT2D eigenvalue weighted by Crippen LogP contribution is 2.31. The van der Waals surface area contributed by atoms with Gasteiger partial charge < -0.3 is 19.7 Å². The van der Waals surface area contributed by atoms with Gasteiger partial charge in [0.15, 0.2) is 17.5 Å². The molecule has 0 saturated carbocycles. The Kier molecular flexibility index (Phi) is 6.33. The molecule has 3 rings (SSSR count). The van der Waals surface area contributed by atoms with Crippen molar-refractivity contribution in [2.45, 2.75) is 33.4 Å². The van der Waals surface area contributed by atoms with E-state index in [1.54, 1.807) is 11.3 Å². The molecule has 26 heavy (non-hydrogen) atoms. The quantitative estimate of drug-likeness (QED) is 0.622. The smallest absolute Gasteiger partial charge is 0.194 e. The van der Waals surface area contributed by atoms with E-state index < -0.39 is 0 Å². The van der Waals surface area contributed by atoms with Crippen LogP contribution in [0.4, 0.5) is 0 Å². The molecule has 1 aliphatic heterocycles. The van der Waals surface area contributed by atoms with E-state index in [1.807, 2.05) is 19.2 Å². The first-order valence-corrected chi connectivity index (χ1v) is 9.88. The van der Waals surface area contributed by atoms with Crippen molar-refractivity contribution in [2.75, 3.05) is 26.8 Å². The molecule has 0 unspecified atom stereocenters. The molecular formula is C19H26N4O2S. The zero-order valence-electron chi connectivity index (χ0n) is 15.6. The fourth-order valence-electron chi connectivity index (χ4n) is 2.74. The number of aromatic nitrogens is 1. The van der Waals surface area contributed by atoms with Crippen molar-refractivity contribution >= 4 is 17.3 Å². The Labute approximate surface area is 158 Å². The highest BCUT2D eigenvalue weighted by molar-refractivity contribution is 7.09. The Balaban J connectivity index is 1.67. The van der Waals surface area contributed by atoms with E-state index in [0.29, 0.717) is 19.8 Å². The largest absolute Gasteiger partial charge is 0.486 e. The number of benzene rings is 1. The van der Waals surface area contributed by atoms with Crippen LogP contribution in [0, 0.1) is 0 Å². The second kappa shape index (κ2) is 8.89. The Morgan fingerprint density at radius 1 is 1.27 bits per heavy atom. The number of hydrogen-bond acceptors (Lipinski definition) is 5. The summed E-state index contributed by atoms with van der Waals surface area (Å²) in [5.41, 5.74) is 2.18. The summed E-state index contributed by atoms with van der Waals surface area (Å²) in [7, 11) is 2.04. The lowest BCUT2D eigenvalue weighted by Crippen LogP contribution is -2.38. The van der Waals surface area contributed by atoms with Crippen LogP contribution in [0.3, 0.4) is 0 Å². The third-order valence-corrected chi connectivity index (χ3v) is 5.06. The summed E-state index contributed by atoms with van der Waals surface area (Å²) in [5, 5.41) is 6.60. The first-order chi connectivity index (χ1) is 12.7. The topological polar surface area (TPSA) is 59.0 Å². The summed E-state index contributed by atoms with van der Waals surface area (Å²) in [6.07, 6.45) is 0.971. The fraction of sp³-hybridized carbons (Fsp3) is 0.474. The van der Waals surface area contributed by atoms with Gasteiger partial charge in [-0.15, -0.1) is 11.3 Å². The van der Waals surface area contributed by atoms with Crippen LogP contribution in [-0.4, -0.2) is 42.6 Å². The molecule has 2 aromatic rings. The molecule has 1 N–H and O–H groups in total. The van der Waals surface area contributed by atoms with E-state index in [9.17, 15) is 0 Å². The highest BCUT2D eigenvalue weighted by atomic mass is 32.1. The van der Waals surface area contributed by atoms with Gasteiger partial charge in [0.25, 0.3) is 0 Å². The third-order valence-electron chi connectivity index (χ3n) is 4.02. The van der Waals surface area contributed by atoms with E-state index in [4.69, 9.17) is 14.5 Å². The molecule has 0 aliphatic carbocycles. The van der Waals surface area contributed by atoms with Crippen LogP contribution < -0.4 is 14.8 Å². The number of fused-ring (bicyclic) bond motifs is 1.